The van der Waals surface area contributed by atoms with Crippen molar-refractivity contribution < 1.29 is 22.8 Å². The number of sulfonamides is 1. The monoisotopic (exact) mass is 433 g/mol. The fourth-order valence-corrected chi connectivity index (χ4v) is 5.73. The molecule has 3 rings (SSSR count). The number of hydrogen-bond acceptors (Lipinski definition) is 6. The van der Waals surface area contributed by atoms with Crippen molar-refractivity contribution in [2.75, 3.05) is 16.8 Å². The van der Waals surface area contributed by atoms with Crippen molar-refractivity contribution in [2.45, 2.75) is 23.6 Å². The number of benzene rings is 1. The first-order valence-electron chi connectivity index (χ1n) is 8.66. The summed E-state index contributed by atoms with van der Waals surface area (Å²) in [5.41, 5.74) is 0.828. The zero-order valence-electron chi connectivity index (χ0n) is 15.6. The Morgan fingerprint density at radius 1 is 1.31 bits per heavy atom. The van der Waals surface area contributed by atoms with Crippen molar-refractivity contribution in [3.63, 3.8) is 0 Å². The van der Waals surface area contributed by atoms with E-state index in [0.717, 1.165) is 20.5 Å². The van der Waals surface area contributed by atoms with Gasteiger partial charge in [-0.3, -0.25) is 14.4 Å². The zero-order chi connectivity index (χ0) is 21.2. The van der Waals surface area contributed by atoms with Crippen LogP contribution in [0.2, 0.25) is 0 Å². The first kappa shape index (κ1) is 20.9. The number of amides is 3. The molecule has 1 fully saturated rings. The molecule has 152 valence electrons. The molecule has 2 heterocycles. The molecule has 0 saturated carbocycles. The van der Waals surface area contributed by atoms with E-state index in [-0.39, 0.29) is 23.1 Å². The average molecular weight is 434 g/mol. The third-order valence-electron chi connectivity index (χ3n) is 4.28. The van der Waals surface area contributed by atoms with E-state index in [0.29, 0.717) is 11.4 Å². The highest BCUT2D eigenvalue weighted by molar-refractivity contribution is 7.91. The van der Waals surface area contributed by atoms with Crippen LogP contribution < -0.4 is 10.2 Å². The standard InChI is InChI=1S/C19H19N3O5S2/c1-3-10-21(29(26,27)18-5-4-11-28-18)16-12-17(24)22(19(16)25)15-8-6-14(7-9-15)20-13(2)23/h3-9,11,16H,1,10,12H2,2H3,(H,20,23). The number of nitrogens with one attached hydrogen (secondary N) is 1. The lowest BCUT2D eigenvalue weighted by atomic mass is 10.2. The van der Waals surface area contributed by atoms with Crippen LogP contribution in [0.1, 0.15) is 13.3 Å². The third kappa shape index (κ3) is 4.14. The topological polar surface area (TPSA) is 104 Å². The first-order chi connectivity index (χ1) is 13.8. The molecular formula is C19H19N3O5S2. The van der Waals surface area contributed by atoms with Gasteiger partial charge in [-0.2, -0.15) is 4.31 Å². The molecule has 10 heteroatoms. The van der Waals surface area contributed by atoms with Gasteiger partial charge < -0.3 is 5.32 Å². The summed E-state index contributed by atoms with van der Waals surface area (Å²) in [7, 11) is -3.95. The Morgan fingerprint density at radius 3 is 2.55 bits per heavy atom. The van der Waals surface area contributed by atoms with Gasteiger partial charge in [0.05, 0.1) is 12.1 Å². The predicted octanol–water partition coefficient (Wildman–Crippen LogP) is 2.22. The summed E-state index contributed by atoms with van der Waals surface area (Å²) in [4.78, 5) is 37.7. The van der Waals surface area contributed by atoms with Crippen molar-refractivity contribution in [3.8, 4) is 0 Å². The highest BCUT2D eigenvalue weighted by Gasteiger charge is 2.46. The van der Waals surface area contributed by atoms with Gasteiger partial charge in [-0.25, -0.2) is 13.3 Å². The lowest BCUT2D eigenvalue weighted by Crippen LogP contribution is -2.45. The maximum absolute atomic E-state index is 13.0. The van der Waals surface area contributed by atoms with Gasteiger partial charge in [-0.15, -0.1) is 17.9 Å². The van der Waals surface area contributed by atoms with Gasteiger partial charge in [0.2, 0.25) is 11.8 Å². The molecule has 1 atom stereocenters. The minimum Gasteiger partial charge on any atom is -0.326 e. The number of carbonyl (C=O) groups is 3. The van der Waals surface area contributed by atoms with Crippen LogP contribution in [0, 0.1) is 0 Å². The van der Waals surface area contributed by atoms with Crippen LogP contribution in [0.5, 0.6) is 0 Å². The second kappa shape index (κ2) is 8.27. The maximum atomic E-state index is 13.0. The van der Waals surface area contributed by atoms with Crippen LogP contribution in [-0.4, -0.2) is 43.0 Å². The molecule has 1 aliphatic rings. The Hall–Kier alpha value is -2.82. The van der Waals surface area contributed by atoms with Crippen molar-refractivity contribution in [1.29, 1.82) is 0 Å². The van der Waals surface area contributed by atoms with Gasteiger partial charge in [0, 0.05) is 19.2 Å². The lowest BCUT2D eigenvalue weighted by Gasteiger charge is -2.25. The fraction of sp³-hybridized carbons (Fsp3) is 0.211. The Bertz CT molecular complexity index is 1050. The molecule has 8 nitrogen and oxygen atoms in total. The van der Waals surface area contributed by atoms with Gasteiger partial charge in [0.15, 0.2) is 0 Å². The van der Waals surface area contributed by atoms with Gasteiger partial charge in [0.1, 0.15) is 10.3 Å². The molecule has 1 saturated heterocycles. The Balaban J connectivity index is 1.90. The van der Waals surface area contributed by atoms with Crippen LogP contribution in [0.25, 0.3) is 0 Å². The summed E-state index contributed by atoms with van der Waals surface area (Å²) in [6.07, 6.45) is 1.12. The maximum Gasteiger partial charge on any atom is 0.253 e. The van der Waals surface area contributed by atoms with Gasteiger partial charge in [-0.05, 0) is 35.7 Å². The highest BCUT2D eigenvalue weighted by atomic mass is 32.2. The second-order valence-electron chi connectivity index (χ2n) is 6.31. The van der Waals surface area contributed by atoms with Crippen LogP contribution >= 0.6 is 11.3 Å². The molecule has 1 aliphatic heterocycles. The molecular weight excluding hydrogens is 414 g/mol. The number of hydrogen-bond donors (Lipinski definition) is 1. The molecule has 3 amide bonds. The normalized spacial score (nSPS) is 17.0. The van der Waals surface area contributed by atoms with Gasteiger partial charge in [-0.1, -0.05) is 12.1 Å². The molecule has 1 aromatic carbocycles. The van der Waals surface area contributed by atoms with E-state index >= 15 is 0 Å². The molecule has 1 unspecified atom stereocenters. The number of nitrogens with zero attached hydrogens (tertiary/aromatic N) is 2. The van der Waals surface area contributed by atoms with E-state index in [1.165, 1.54) is 31.2 Å². The SMILES string of the molecule is C=CCN(C1CC(=O)N(c2ccc(NC(C)=O)cc2)C1=O)S(=O)(=O)c1cccs1. The van der Waals surface area contributed by atoms with Crippen LogP contribution in [0.4, 0.5) is 11.4 Å². The van der Waals surface area contributed by atoms with E-state index in [1.54, 1.807) is 23.6 Å². The summed E-state index contributed by atoms with van der Waals surface area (Å²) < 4.78 is 27.1. The zero-order valence-corrected chi connectivity index (χ0v) is 17.2. The molecule has 0 aliphatic carbocycles. The molecule has 29 heavy (non-hydrogen) atoms. The van der Waals surface area contributed by atoms with E-state index in [1.807, 2.05) is 0 Å². The number of rotatable bonds is 7. The van der Waals surface area contributed by atoms with E-state index < -0.39 is 27.9 Å². The number of carbonyl (C=O) groups excluding carboxylic acids is 3. The summed E-state index contributed by atoms with van der Waals surface area (Å²) in [6, 6.07) is 8.08. The van der Waals surface area contributed by atoms with Gasteiger partial charge >= 0.3 is 0 Å². The van der Waals surface area contributed by atoms with E-state index in [9.17, 15) is 22.8 Å². The predicted molar refractivity (Wildman–Crippen MR) is 110 cm³/mol. The lowest BCUT2D eigenvalue weighted by molar-refractivity contribution is -0.122. The quantitative estimate of drug-likeness (QED) is 0.533. The Labute approximate surface area is 172 Å². The van der Waals surface area contributed by atoms with Crippen molar-refractivity contribution in [2.24, 2.45) is 0 Å². The molecule has 0 spiro atoms. The van der Waals surface area contributed by atoms with Crippen molar-refractivity contribution in [1.82, 2.24) is 4.31 Å². The summed E-state index contributed by atoms with van der Waals surface area (Å²) in [5.74, 6) is -1.36. The summed E-state index contributed by atoms with van der Waals surface area (Å²) in [6.45, 7) is 4.85. The van der Waals surface area contributed by atoms with Crippen molar-refractivity contribution >= 4 is 50.5 Å². The minimum atomic E-state index is -3.95. The van der Waals surface area contributed by atoms with E-state index in [2.05, 4.69) is 11.9 Å². The average Bonchev–Trinajstić information content (AvgIpc) is 3.29. The second-order valence-corrected chi connectivity index (χ2v) is 9.38. The first-order valence-corrected chi connectivity index (χ1v) is 11.0. The summed E-state index contributed by atoms with van der Waals surface area (Å²) >= 11 is 1.04. The molecule has 0 radical (unpaired) electrons. The molecule has 1 aromatic heterocycles. The van der Waals surface area contributed by atoms with E-state index in [4.69, 9.17) is 0 Å². The van der Waals surface area contributed by atoms with Gasteiger partial charge in [0.25, 0.3) is 15.9 Å². The number of thiophene rings is 1. The van der Waals surface area contributed by atoms with Crippen LogP contribution in [0.3, 0.4) is 0 Å². The van der Waals surface area contributed by atoms with Crippen LogP contribution in [0.15, 0.2) is 58.6 Å². The summed E-state index contributed by atoms with van der Waals surface area (Å²) in [5, 5.41) is 4.23. The minimum absolute atomic E-state index is 0.0951. The molecule has 2 aromatic rings. The fourth-order valence-electron chi connectivity index (χ4n) is 3.06. The third-order valence-corrected chi connectivity index (χ3v) is 7.53. The largest absolute Gasteiger partial charge is 0.326 e. The van der Waals surface area contributed by atoms with Crippen LogP contribution in [-0.2, 0) is 24.4 Å². The molecule has 1 N–H and O–H groups in total. The Morgan fingerprint density at radius 2 is 2.00 bits per heavy atom. The number of imide groups is 1. The molecule has 0 bridgehead atoms. The smallest absolute Gasteiger partial charge is 0.253 e. The highest BCUT2D eigenvalue weighted by Crippen LogP contribution is 2.31. The Kier molecular flexibility index (Phi) is 5.96. The van der Waals surface area contributed by atoms with Crippen molar-refractivity contribution in [3.05, 3.63) is 54.4 Å². The number of anilines is 2.